The highest BCUT2D eigenvalue weighted by atomic mass is 16.6. The maximum atomic E-state index is 10.5. The van der Waals surface area contributed by atoms with Crippen molar-refractivity contribution >= 4 is 22.9 Å². The van der Waals surface area contributed by atoms with Crippen molar-refractivity contribution < 1.29 is 20.1 Å². The lowest BCUT2D eigenvalue weighted by atomic mass is 9.95. The molecular formula is C12H14N6O4. The molecule has 0 radical (unpaired) electrons. The van der Waals surface area contributed by atoms with E-state index in [-0.39, 0.29) is 22.9 Å². The second-order valence-electron chi connectivity index (χ2n) is 4.92. The van der Waals surface area contributed by atoms with Crippen LogP contribution in [0.4, 0.5) is 11.8 Å². The minimum atomic E-state index is -2.07. The molecule has 3 heterocycles. The average Bonchev–Trinajstić information content (AvgIpc) is 3.00. The number of nitrogens with two attached hydrogens (primary N) is 2. The topological polar surface area (TPSA) is 166 Å². The number of fused-ring (bicyclic) bond motifs is 1. The Bertz CT molecular complexity index is 771. The Morgan fingerprint density at radius 3 is 2.82 bits per heavy atom. The molecule has 0 saturated carbocycles. The quantitative estimate of drug-likeness (QED) is 0.380. The van der Waals surface area contributed by atoms with Crippen molar-refractivity contribution in [2.45, 2.75) is 24.0 Å². The Balaban J connectivity index is 2.17. The van der Waals surface area contributed by atoms with Gasteiger partial charge in [-0.15, -0.1) is 6.42 Å². The van der Waals surface area contributed by atoms with E-state index in [4.69, 9.17) is 22.6 Å². The Hall–Kier alpha value is -2.45. The molecule has 10 nitrogen and oxygen atoms in total. The molecule has 2 aromatic heterocycles. The van der Waals surface area contributed by atoms with Crippen LogP contribution in [0.2, 0.25) is 0 Å². The van der Waals surface area contributed by atoms with Gasteiger partial charge in [0, 0.05) is 0 Å². The first-order valence-electron chi connectivity index (χ1n) is 6.32. The summed E-state index contributed by atoms with van der Waals surface area (Å²) in [4.78, 5) is 11.8. The van der Waals surface area contributed by atoms with Crippen molar-refractivity contribution in [3.05, 3.63) is 6.33 Å². The third-order valence-electron chi connectivity index (χ3n) is 3.61. The average molecular weight is 306 g/mol. The van der Waals surface area contributed by atoms with E-state index in [1.165, 1.54) is 10.9 Å². The molecule has 7 N–H and O–H groups in total. The van der Waals surface area contributed by atoms with E-state index >= 15 is 0 Å². The fourth-order valence-corrected chi connectivity index (χ4v) is 2.48. The Morgan fingerprint density at radius 2 is 2.18 bits per heavy atom. The monoisotopic (exact) mass is 306 g/mol. The molecule has 1 aliphatic rings. The van der Waals surface area contributed by atoms with Gasteiger partial charge >= 0.3 is 0 Å². The number of aliphatic hydroxyl groups excluding tert-OH is 2. The van der Waals surface area contributed by atoms with Crippen LogP contribution in [0.1, 0.15) is 6.23 Å². The van der Waals surface area contributed by atoms with Crippen LogP contribution in [0.5, 0.6) is 0 Å². The lowest BCUT2D eigenvalue weighted by molar-refractivity contribution is -0.0721. The minimum absolute atomic E-state index is 0.0581. The normalized spacial score (nSPS) is 31.5. The van der Waals surface area contributed by atoms with Gasteiger partial charge in [0.05, 0.1) is 12.9 Å². The molecule has 0 bridgehead atoms. The molecule has 1 fully saturated rings. The second-order valence-corrected chi connectivity index (χ2v) is 4.92. The summed E-state index contributed by atoms with van der Waals surface area (Å²) in [5.74, 6) is 2.07. The number of rotatable bonds is 2. The third kappa shape index (κ3) is 1.81. The van der Waals surface area contributed by atoms with Crippen LogP contribution in [-0.2, 0) is 4.74 Å². The van der Waals surface area contributed by atoms with E-state index in [0.29, 0.717) is 0 Å². The van der Waals surface area contributed by atoms with E-state index in [9.17, 15) is 15.3 Å². The van der Waals surface area contributed by atoms with Gasteiger partial charge in [0.1, 0.15) is 17.7 Å². The van der Waals surface area contributed by atoms with E-state index < -0.39 is 30.6 Å². The largest absolute Gasteiger partial charge is 0.394 e. The molecule has 3 rings (SSSR count). The predicted octanol–water partition coefficient (Wildman–Crippen LogP) is -2.39. The van der Waals surface area contributed by atoms with Crippen LogP contribution in [0, 0.1) is 12.3 Å². The van der Waals surface area contributed by atoms with Crippen LogP contribution < -0.4 is 11.5 Å². The van der Waals surface area contributed by atoms with E-state index in [0.717, 1.165) is 0 Å². The van der Waals surface area contributed by atoms with Gasteiger partial charge in [0.25, 0.3) is 0 Å². The maximum Gasteiger partial charge on any atom is 0.224 e. The van der Waals surface area contributed by atoms with Gasteiger partial charge < -0.3 is 31.5 Å². The Labute approximate surface area is 124 Å². The van der Waals surface area contributed by atoms with Gasteiger partial charge in [-0.05, 0) is 0 Å². The highest BCUT2D eigenvalue weighted by Gasteiger charge is 2.55. The molecule has 2 aromatic rings. The van der Waals surface area contributed by atoms with Gasteiger partial charge in [-0.2, -0.15) is 9.97 Å². The number of anilines is 2. The number of imidazole rings is 1. The summed E-state index contributed by atoms with van der Waals surface area (Å²) < 4.78 is 6.74. The molecule has 22 heavy (non-hydrogen) atoms. The zero-order valence-corrected chi connectivity index (χ0v) is 11.3. The first-order chi connectivity index (χ1) is 10.4. The fourth-order valence-electron chi connectivity index (χ4n) is 2.48. The summed E-state index contributed by atoms with van der Waals surface area (Å²) in [7, 11) is 0. The number of hydrogen-bond donors (Lipinski definition) is 5. The summed E-state index contributed by atoms with van der Waals surface area (Å²) in [6.45, 7) is -0.520. The van der Waals surface area contributed by atoms with Gasteiger partial charge in [0.15, 0.2) is 23.3 Å². The molecule has 0 aliphatic carbocycles. The van der Waals surface area contributed by atoms with E-state index in [1.807, 2.05) is 0 Å². The van der Waals surface area contributed by atoms with Crippen molar-refractivity contribution in [1.82, 2.24) is 19.5 Å². The van der Waals surface area contributed by atoms with Crippen molar-refractivity contribution in [2.24, 2.45) is 0 Å². The Kier molecular flexibility index (Phi) is 3.15. The minimum Gasteiger partial charge on any atom is -0.394 e. The van der Waals surface area contributed by atoms with Crippen LogP contribution in [0.3, 0.4) is 0 Å². The summed E-state index contributed by atoms with van der Waals surface area (Å²) in [6.07, 6.45) is 2.87. The molecule has 0 amide bonds. The molecule has 0 spiro atoms. The molecule has 4 atom stereocenters. The first kappa shape index (κ1) is 14.5. The smallest absolute Gasteiger partial charge is 0.224 e. The third-order valence-corrected chi connectivity index (χ3v) is 3.61. The van der Waals surface area contributed by atoms with Gasteiger partial charge in [-0.25, -0.2) is 4.98 Å². The summed E-state index contributed by atoms with van der Waals surface area (Å²) in [5.41, 5.74) is 9.63. The molecule has 0 unspecified atom stereocenters. The van der Waals surface area contributed by atoms with Crippen molar-refractivity contribution in [3.8, 4) is 12.3 Å². The molecule has 116 valence electrons. The zero-order chi connectivity index (χ0) is 16.1. The maximum absolute atomic E-state index is 10.5. The highest BCUT2D eigenvalue weighted by molar-refractivity contribution is 5.82. The number of nitrogens with zero attached hydrogens (tertiary/aromatic N) is 4. The number of aromatic nitrogens is 4. The number of terminal acetylenes is 1. The molecule has 10 heteroatoms. The standard InChI is InChI=1S/C12H14N6O4/c1-2-12(21)7(20)5(3-19)22-10(12)18-4-15-6-8(13)16-11(14)17-9(6)18/h1,4-5,7,10,19-21H,3H2,(H4,13,14,16,17)/t5-,7-,10-,12-/m1/s1. The van der Waals surface area contributed by atoms with Crippen LogP contribution in [-0.4, -0.2) is 59.3 Å². The first-order valence-corrected chi connectivity index (χ1v) is 6.32. The lowest BCUT2D eigenvalue weighted by Crippen LogP contribution is -2.45. The summed E-state index contributed by atoms with van der Waals surface area (Å²) in [6, 6.07) is 0. The highest BCUT2D eigenvalue weighted by Crippen LogP contribution is 2.39. The van der Waals surface area contributed by atoms with Crippen LogP contribution in [0.25, 0.3) is 11.2 Å². The molecular weight excluding hydrogens is 292 g/mol. The molecule has 1 aliphatic heterocycles. The van der Waals surface area contributed by atoms with Gasteiger partial charge in [-0.1, -0.05) is 5.92 Å². The SMILES string of the molecule is C#C[C@@]1(O)[C@H](O)[C@@H](CO)O[C@H]1n1cnc2c(N)nc(N)nc21. The van der Waals surface area contributed by atoms with Crippen molar-refractivity contribution in [1.29, 1.82) is 0 Å². The molecule has 0 aromatic carbocycles. The van der Waals surface area contributed by atoms with Gasteiger partial charge in [-0.3, -0.25) is 4.57 Å². The number of ether oxygens (including phenoxy) is 1. The molecule has 1 saturated heterocycles. The van der Waals surface area contributed by atoms with Crippen LogP contribution in [0.15, 0.2) is 6.33 Å². The van der Waals surface area contributed by atoms with E-state index in [1.54, 1.807) is 0 Å². The summed E-state index contributed by atoms with van der Waals surface area (Å²) in [5, 5.41) is 29.8. The summed E-state index contributed by atoms with van der Waals surface area (Å²) >= 11 is 0. The Morgan fingerprint density at radius 1 is 1.45 bits per heavy atom. The van der Waals surface area contributed by atoms with E-state index in [2.05, 4.69) is 20.9 Å². The number of aliphatic hydroxyl groups is 3. The van der Waals surface area contributed by atoms with Crippen LogP contribution >= 0.6 is 0 Å². The zero-order valence-electron chi connectivity index (χ0n) is 11.3. The number of nitrogen functional groups attached to an aromatic ring is 2. The van der Waals surface area contributed by atoms with Crippen molar-refractivity contribution in [3.63, 3.8) is 0 Å². The number of hydrogen-bond acceptors (Lipinski definition) is 9. The van der Waals surface area contributed by atoms with Crippen molar-refractivity contribution in [2.75, 3.05) is 18.1 Å². The van der Waals surface area contributed by atoms with Gasteiger partial charge in [0.2, 0.25) is 5.95 Å². The second kappa shape index (κ2) is 4.79. The fraction of sp³-hybridized carbons (Fsp3) is 0.417. The lowest BCUT2D eigenvalue weighted by Gasteiger charge is -2.26. The predicted molar refractivity (Wildman–Crippen MR) is 74.9 cm³/mol.